The summed E-state index contributed by atoms with van der Waals surface area (Å²) in [6.07, 6.45) is 3.68. The molecule has 8 nitrogen and oxygen atoms in total. The van der Waals surface area contributed by atoms with E-state index < -0.39 is 11.8 Å². The average Bonchev–Trinajstić information content (AvgIpc) is 2.73. The van der Waals surface area contributed by atoms with Crippen LogP contribution in [0.3, 0.4) is 0 Å². The Morgan fingerprint density at radius 3 is 2.45 bits per heavy atom. The first-order valence-electron chi connectivity index (χ1n) is 8.91. The largest absolute Gasteiger partial charge is 0.497 e. The number of benzene rings is 1. The number of methoxy groups -OCH3 is 2. The Balaban J connectivity index is 1.65. The fourth-order valence-corrected chi connectivity index (χ4v) is 2.81. The lowest BCUT2D eigenvalue weighted by Crippen LogP contribution is -2.40. The molecule has 1 fully saturated rings. The fourth-order valence-electron chi connectivity index (χ4n) is 2.81. The standard InChI is InChI=1S/C19H21F2N5O3/c1-28-14-7-13(8-15(9-14)29-2)10-23-25-18(27)16-11-22-12-17(24-16)26-5-3-19(20,21)4-6-26/h7-12H,3-6H2,1-2H3,(H,25,27)/b23-10+. The molecular formula is C19H21F2N5O3. The molecule has 1 aliphatic heterocycles. The van der Waals surface area contributed by atoms with Crippen molar-refractivity contribution in [2.45, 2.75) is 18.8 Å². The Morgan fingerprint density at radius 1 is 1.17 bits per heavy atom. The second-order valence-corrected chi connectivity index (χ2v) is 6.45. The maximum Gasteiger partial charge on any atom is 0.291 e. The lowest BCUT2D eigenvalue weighted by molar-refractivity contribution is -0.0221. The molecule has 0 saturated carbocycles. The van der Waals surface area contributed by atoms with E-state index in [9.17, 15) is 13.6 Å². The third-order valence-electron chi connectivity index (χ3n) is 4.43. The summed E-state index contributed by atoms with van der Waals surface area (Å²) in [6.45, 7) is 0.311. The number of rotatable bonds is 6. The third kappa shape index (κ3) is 5.37. The van der Waals surface area contributed by atoms with Gasteiger partial charge in [0.05, 0.1) is 32.8 Å². The van der Waals surface area contributed by atoms with Crippen LogP contribution < -0.4 is 19.8 Å². The molecule has 1 amide bonds. The van der Waals surface area contributed by atoms with Crippen LogP contribution in [0.5, 0.6) is 11.5 Å². The lowest BCUT2D eigenvalue weighted by atomic mass is 10.1. The molecule has 3 rings (SSSR count). The van der Waals surface area contributed by atoms with Crippen LogP contribution in [0.1, 0.15) is 28.9 Å². The molecule has 1 aromatic carbocycles. The van der Waals surface area contributed by atoms with Crippen molar-refractivity contribution >= 4 is 17.9 Å². The van der Waals surface area contributed by atoms with Gasteiger partial charge in [-0.05, 0) is 12.1 Å². The smallest absolute Gasteiger partial charge is 0.291 e. The first kappa shape index (κ1) is 20.4. The van der Waals surface area contributed by atoms with Gasteiger partial charge < -0.3 is 14.4 Å². The van der Waals surface area contributed by atoms with Crippen molar-refractivity contribution in [1.29, 1.82) is 0 Å². The molecule has 0 spiro atoms. The molecule has 2 aromatic rings. The summed E-state index contributed by atoms with van der Waals surface area (Å²) in [5.41, 5.74) is 3.08. The van der Waals surface area contributed by atoms with Gasteiger partial charge in [0.25, 0.3) is 11.8 Å². The van der Waals surface area contributed by atoms with E-state index in [1.807, 2.05) is 0 Å². The van der Waals surface area contributed by atoms with E-state index in [-0.39, 0.29) is 31.6 Å². The van der Waals surface area contributed by atoms with Crippen LogP contribution in [0.4, 0.5) is 14.6 Å². The second kappa shape index (κ2) is 8.80. The minimum atomic E-state index is -2.66. The van der Waals surface area contributed by atoms with Crippen molar-refractivity contribution in [1.82, 2.24) is 15.4 Å². The van der Waals surface area contributed by atoms with Crippen LogP contribution in [-0.2, 0) is 0 Å². The average molecular weight is 405 g/mol. The van der Waals surface area contributed by atoms with Crippen LogP contribution in [0.15, 0.2) is 35.7 Å². The van der Waals surface area contributed by atoms with Crippen LogP contribution in [0.25, 0.3) is 0 Å². The summed E-state index contributed by atoms with van der Waals surface area (Å²) in [4.78, 5) is 22.2. The topological polar surface area (TPSA) is 88.9 Å². The van der Waals surface area contributed by atoms with Crippen molar-refractivity contribution in [3.63, 3.8) is 0 Å². The maximum atomic E-state index is 13.3. The number of halogens is 2. The molecule has 1 saturated heterocycles. The van der Waals surface area contributed by atoms with E-state index in [0.29, 0.717) is 22.9 Å². The number of hydrazone groups is 1. The Labute approximate surface area is 166 Å². The van der Waals surface area contributed by atoms with E-state index in [0.717, 1.165) is 0 Å². The number of amides is 1. The van der Waals surface area contributed by atoms with E-state index in [2.05, 4.69) is 20.5 Å². The lowest BCUT2D eigenvalue weighted by Gasteiger charge is -2.32. The highest BCUT2D eigenvalue weighted by Crippen LogP contribution is 2.29. The van der Waals surface area contributed by atoms with Gasteiger partial charge in [-0.15, -0.1) is 0 Å². The minimum Gasteiger partial charge on any atom is -0.497 e. The maximum absolute atomic E-state index is 13.3. The van der Waals surface area contributed by atoms with E-state index in [1.54, 1.807) is 23.1 Å². The summed E-state index contributed by atoms with van der Waals surface area (Å²) in [5, 5.41) is 3.91. The molecule has 1 aliphatic rings. The molecule has 154 valence electrons. The predicted molar refractivity (Wildman–Crippen MR) is 103 cm³/mol. The number of hydrogen-bond acceptors (Lipinski definition) is 7. The highest BCUT2D eigenvalue weighted by atomic mass is 19.3. The number of nitrogens with zero attached hydrogens (tertiary/aromatic N) is 4. The van der Waals surface area contributed by atoms with Gasteiger partial charge in [-0.3, -0.25) is 9.78 Å². The zero-order valence-electron chi connectivity index (χ0n) is 16.1. The number of nitrogens with one attached hydrogen (secondary N) is 1. The van der Waals surface area contributed by atoms with E-state index in [1.165, 1.54) is 32.8 Å². The number of carbonyl (C=O) groups excluding carboxylic acids is 1. The zero-order chi connectivity index (χ0) is 20.9. The summed E-state index contributed by atoms with van der Waals surface area (Å²) in [6, 6.07) is 5.17. The summed E-state index contributed by atoms with van der Waals surface area (Å²) >= 11 is 0. The van der Waals surface area contributed by atoms with Gasteiger partial charge in [-0.1, -0.05) is 0 Å². The number of ether oxygens (including phenoxy) is 2. The molecule has 10 heteroatoms. The molecule has 29 heavy (non-hydrogen) atoms. The Bertz CT molecular complexity index is 875. The van der Waals surface area contributed by atoms with Gasteiger partial charge in [0.1, 0.15) is 17.3 Å². The van der Waals surface area contributed by atoms with Gasteiger partial charge in [0.15, 0.2) is 5.69 Å². The van der Waals surface area contributed by atoms with Crippen molar-refractivity contribution in [2.24, 2.45) is 5.10 Å². The first-order chi connectivity index (χ1) is 13.9. The molecule has 0 aliphatic carbocycles. The molecular weight excluding hydrogens is 384 g/mol. The normalized spacial score (nSPS) is 15.9. The monoisotopic (exact) mass is 405 g/mol. The Morgan fingerprint density at radius 2 is 1.83 bits per heavy atom. The van der Waals surface area contributed by atoms with Gasteiger partial charge >= 0.3 is 0 Å². The number of carbonyl (C=O) groups is 1. The number of alkyl halides is 2. The van der Waals surface area contributed by atoms with Crippen LogP contribution in [0.2, 0.25) is 0 Å². The summed E-state index contributed by atoms with van der Waals surface area (Å²) in [7, 11) is 3.07. The number of piperidine rings is 1. The number of anilines is 1. The first-order valence-corrected chi connectivity index (χ1v) is 8.91. The molecule has 0 radical (unpaired) electrons. The van der Waals surface area contributed by atoms with Crippen molar-refractivity contribution in [3.05, 3.63) is 41.9 Å². The summed E-state index contributed by atoms with van der Waals surface area (Å²) in [5.74, 6) is -1.66. The number of aromatic nitrogens is 2. The quantitative estimate of drug-likeness (QED) is 0.587. The van der Waals surface area contributed by atoms with Gasteiger partial charge in [-0.2, -0.15) is 5.10 Å². The molecule has 0 bridgehead atoms. The van der Waals surface area contributed by atoms with Crippen LogP contribution >= 0.6 is 0 Å². The van der Waals surface area contributed by atoms with Crippen molar-refractivity contribution in [2.75, 3.05) is 32.2 Å². The predicted octanol–water partition coefficient (Wildman–Crippen LogP) is 2.49. The molecule has 1 N–H and O–H groups in total. The Kier molecular flexibility index (Phi) is 6.20. The van der Waals surface area contributed by atoms with Gasteiger partial charge in [0.2, 0.25) is 0 Å². The third-order valence-corrected chi connectivity index (χ3v) is 4.43. The molecule has 2 heterocycles. The highest BCUT2D eigenvalue weighted by molar-refractivity contribution is 5.93. The van der Waals surface area contributed by atoms with Crippen molar-refractivity contribution < 1.29 is 23.0 Å². The van der Waals surface area contributed by atoms with E-state index >= 15 is 0 Å². The second-order valence-electron chi connectivity index (χ2n) is 6.45. The fraction of sp³-hybridized carbons (Fsp3) is 0.368. The van der Waals surface area contributed by atoms with Crippen LogP contribution in [-0.4, -0.2) is 55.3 Å². The van der Waals surface area contributed by atoms with Gasteiger partial charge in [0, 0.05) is 37.6 Å². The van der Waals surface area contributed by atoms with Crippen LogP contribution in [0, 0.1) is 0 Å². The summed E-state index contributed by atoms with van der Waals surface area (Å²) < 4.78 is 37.0. The van der Waals surface area contributed by atoms with E-state index in [4.69, 9.17) is 9.47 Å². The van der Waals surface area contributed by atoms with Gasteiger partial charge in [-0.25, -0.2) is 19.2 Å². The number of hydrogen-bond donors (Lipinski definition) is 1. The SMILES string of the molecule is COc1cc(/C=N/NC(=O)c2cncc(N3CCC(F)(F)CC3)n2)cc(OC)c1. The zero-order valence-corrected chi connectivity index (χ0v) is 16.1. The molecule has 1 aromatic heterocycles. The molecule has 0 atom stereocenters. The minimum absolute atomic E-state index is 0.0419. The van der Waals surface area contributed by atoms with Crippen molar-refractivity contribution in [3.8, 4) is 11.5 Å². The highest BCUT2D eigenvalue weighted by Gasteiger charge is 2.34. The molecule has 0 unspecified atom stereocenters. The Hall–Kier alpha value is -3.30.